The van der Waals surface area contributed by atoms with Crippen LogP contribution in [0.4, 0.5) is 0 Å². The van der Waals surface area contributed by atoms with Crippen LogP contribution in [0.1, 0.15) is 388 Å². The van der Waals surface area contributed by atoms with Gasteiger partial charge in [-0.25, -0.2) is 9.13 Å². The third-order valence-electron chi connectivity index (χ3n) is 17.8. The zero-order valence-electron chi connectivity index (χ0n) is 61.3. The highest BCUT2D eigenvalue weighted by Gasteiger charge is 2.30. The lowest BCUT2D eigenvalue weighted by atomic mass is 9.99. The van der Waals surface area contributed by atoms with E-state index in [4.69, 9.17) is 37.0 Å². The second-order valence-corrected chi connectivity index (χ2v) is 30.7. The molecule has 0 aromatic carbocycles. The van der Waals surface area contributed by atoms with Crippen molar-refractivity contribution in [2.75, 3.05) is 39.6 Å². The molecular formula is C75H146O17P2. The summed E-state index contributed by atoms with van der Waals surface area (Å²) in [5, 5.41) is 10.6. The molecule has 0 aromatic heterocycles. The molecule has 0 fully saturated rings. The summed E-state index contributed by atoms with van der Waals surface area (Å²) in [6.45, 7) is 9.61. The molecule has 0 aliphatic carbocycles. The van der Waals surface area contributed by atoms with Gasteiger partial charge in [0.15, 0.2) is 12.2 Å². The lowest BCUT2D eigenvalue weighted by Crippen LogP contribution is -2.30. The van der Waals surface area contributed by atoms with Gasteiger partial charge in [-0.05, 0) is 37.5 Å². The zero-order valence-corrected chi connectivity index (χ0v) is 63.1. The number of hydrogen-bond donors (Lipinski definition) is 3. The zero-order chi connectivity index (χ0) is 69.3. The third kappa shape index (κ3) is 67.3. The van der Waals surface area contributed by atoms with E-state index in [0.717, 1.165) is 102 Å². The maximum atomic E-state index is 13.1. The van der Waals surface area contributed by atoms with Crippen LogP contribution in [0.2, 0.25) is 0 Å². The first-order chi connectivity index (χ1) is 45.4. The fourth-order valence-corrected chi connectivity index (χ4v) is 13.0. The molecule has 0 aliphatic rings. The first-order valence-electron chi connectivity index (χ1n) is 39.0. The quantitative estimate of drug-likeness (QED) is 0.0222. The van der Waals surface area contributed by atoms with Crippen molar-refractivity contribution in [2.24, 2.45) is 11.8 Å². The Morgan fingerprint density at radius 2 is 0.543 bits per heavy atom. The summed E-state index contributed by atoms with van der Waals surface area (Å²) >= 11 is 0. The molecule has 19 heteroatoms. The van der Waals surface area contributed by atoms with E-state index in [2.05, 4.69) is 41.5 Å². The highest BCUT2D eigenvalue weighted by atomic mass is 31.2. The van der Waals surface area contributed by atoms with Crippen molar-refractivity contribution >= 4 is 39.5 Å². The van der Waals surface area contributed by atoms with Crippen LogP contribution >= 0.6 is 15.6 Å². The number of phosphoric ester groups is 2. The van der Waals surface area contributed by atoms with Gasteiger partial charge in [0, 0.05) is 25.7 Å². The summed E-state index contributed by atoms with van der Waals surface area (Å²) in [5.41, 5.74) is 0. The number of hydrogen-bond acceptors (Lipinski definition) is 15. The van der Waals surface area contributed by atoms with Crippen molar-refractivity contribution in [3.05, 3.63) is 0 Å². The normalized spacial score (nSPS) is 14.3. The van der Waals surface area contributed by atoms with Crippen LogP contribution in [-0.4, -0.2) is 96.7 Å². The first kappa shape index (κ1) is 92.1. The molecule has 0 aromatic rings. The minimum Gasteiger partial charge on any atom is -0.462 e. The fourth-order valence-electron chi connectivity index (χ4n) is 11.4. The maximum absolute atomic E-state index is 13.1. The van der Waals surface area contributed by atoms with E-state index in [1.54, 1.807) is 0 Å². The van der Waals surface area contributed by atoms with Crippen LogP contribution in [0.3, 0.4) is 0 Å². The molecule has 6 atom stereocenters. The Bertz CT molecular complexity index is 1820. The predicted octanol–water partition coefficient (Wildman–Crippen LogP) is 21.9. The number of esters is 4. The van der Waals surface area contributed by atoms with E-state index in [1.165, 1.54) is 205 Å². The van der Waals surface area contributed by atoms with Gasteiger partial charge in [0.25, 0.3) is 0 Å². The highest BCUT2D eigenvalue weighted by Crippen LogP contribution is 2.45. The van der Waals surface area contributed by atoms with Crippen LogP contribution in [0.15, 0.2) is 0 Å². The Labute approximate surface area is 575 Å². The molecule has 3 unspecified atom stereocenters. The summed E-state index contributed by atoms with van der Waals surface area (Å²) in [4.78, 5) is 72.7. The summed E-state index contributed by atoms with van der Waals surface area (Å²) in [7, 11) is -9.91. The number of aliphatic hydroxyl groups is 1. The Morgan fingerprint density at radius 3 is 0.809 bits per heavy atom. The number of ether oxygens (including phenoxy) is 4. The lowest BCUT2D eigenvalue weighted by Gasteiger charge is -2.21. The van der Waals surface area contributed by atoms with Crippen LogP contribution in [0, 0.1) is 11.8 Å². The first-order valence-corrected chi connectivity index (χ1v) is 42.0. The largest absolute Gasteiger partial charge is 0.472 e. The van der Waals surface area contributed by atoms with Crippen molar-refractivity contribution in [1.29, 1.82) is 0 Å². The minimum atomic E-state index is -4.96. The van der Waals surface area contributed by atoms with E-state index < -0.39 is 97.5 Å². The second-order valence-electron chi connectivity index (χ2n) is 27.8. The molecule has 94 heavy (non-hydrogen) atoms. The average Bonchev–Trinajstić information content (AvgIpc) is 3.75. The third-order valence-corrected chi connectivity index (χ3v) is 19.7. The van der Waals surface area contributed by atoms with Crippen molar-refractivity contribution < 1.29 is 80.2 Å². The van der Waals surface area contributed by atoms with Crippen LogP contribution < -0.4 is 0 Å². The van der Waals surface area contributed by atoms with Gasteiger partial charge in [0.05, 0.1) is 26.4 Å². The van der Waals surface area contributed by atoms with E-state index in [-0.39, 0.29) is 25.7 Å². The van der Waals surface area contributed by atoms with E-state index >= 15 is 0 Å². The lowest BCUT2D eigenvalue weighted by molar-refractivity contribution is -0.161. The average molecular weight is 1380 g/mol. The van der Waals surface area contributed by atoms with Gasteiger partial charge >= 0.3 is 39.5 Å². The van der Waals surface area contributed by atoms with Gasteiger partial charge in [-0.15, -0.1) is 0 Å². The van der Waals surface area contributed by atoms with Crippen LogP contribution in [0.5, 0.6) is 0 Å². The van der Waals surface area contributed by atoms with Gasteiger partial charge in [0.2, 0.25) is 0 Å². The van der Waals surface area contributed by atoms with Gasteiger partial charge < -0.3 is 33.8 Å². The van der Waals surface area contributed by atoms with E-state index in [9.17, 15) is 43.2 Å². The molecule has 0 saturated heterocycles. The molecule has 0 saturated carbocycles. The number of phosphoric acid groups is 2. The molecular weight excluding hydrogens is 1230 g/mol. The predicted molar refractivity (Wildman–Crippen MR) is 381 cm³/mol. The van der Waals surface area contributed by atoms with Crippen molar-refractivity contribution in [1.82, 2.24) is 0 Å². The summed E-state index contributed by atoms with van der Waals surface area (Å²) in [5.74, 6) is -0.520. The number of carbonyl (C=O) groups excluding carboxylic acids is 4. The molecule has 0 aliphatic heterocycles. The summed E-state index contributed by atoms with van der Waals surface area (Å²) in [6.07, 6.45) is 54.1. The van der Waals surface area contributed by atoms with Gasteiger partial charge in [0.1, 0.15) is 19.3 Å². The Kier molecular flexibility index (Phi) is 65.5. The monoisotopic (exact) mass is 1380 g/mol. The maximum Gasteiger partial charge on any atom is 0.472 e. The van der Waals surface area contributed by atoms with Crippen molar-refractivity contribution in [3.8, 4) is 0 Å². The number of rotatable bonds is 74. The van der Waals surface area contributed by atoms with Crippen LogP contribution in [0.25, 0.3) is 0 Å². The smallest absolute Gasteiger partial charge is 0.462 e. The Hall–Kier alpha value is -1.94. The molecule has 0 bridgehead atoms. The molecule has 3 N–H and O–H groups in total. The number of carbonyl (C=O) groups is 4. The molecule has 0 amide bonds. The van der Waals surface area contributed by atoms with Crippen molar-refractivity contribution in [2.45, 2.75) is 407 Å². The molecule has 0 radical (unpaired) electrons. The van der Waals surface area contributed by atoms with Gasteiger partial charge in [-0.2, -0.15) is 0 Å². The number of aliphatic hydroxyl groups excluding tert-OH is 1. The molecule has 17 nitrogen and oxygen atoms in total. The standard InChI is InChI=1S/C75H146O17P2/c1-7-10-12-14-16-18-28-33-41-47-53-59-74(79)91-70(63-85-72(77)57-51-45-39-32-19-17-15-13-11-8-2)65-89-93(81,82)87-61-69(76)62-88-94(83,84)90-66-71(64-86-73(78)58-52-46-40-36-35-38-44-50-56-68(6)9-3)92-75(80)60-54-48-42-34-30-27-25-23-21-20-22-24-26-29-31-37-43-49-55-67(4)5/h67-71,76H,7-66H2,1-6H3,(H,81,82)(H,83,84)/t68?,69-,70+,71+/m0/s1. The highest BCUT2D eigenvalue weighted by molar-refractivity contribution is 7.47. The molecule has 0 spiro atoms. The summed E-state index contributed by atoms with van der Waals surface area (Å²) < 4.78 is 68.4. The Balaban J connectivity index is 5.19. The van der Waals surface area contributed by atoms with Gasteiger partial charge in [-0.1, -0.05) is 337 Å². The Morgan fingerprint density at radius 1 is 0.309 bits per heavy atom. The summed E-state index contributed by atoms with van der Waals surface area (Å²) in [6, 6.07) is 0. The molecule has 0 rings (SSSR count). The van der Waals surface area contributed by atoms with Crippen molar-refractivity contribution in [3.63, 3.8) is 0 Å². The number of unbranched alkanes of at least 4 members (excludes halogenated alkanes) is 43. The van der Waals surface area contributed by atoms with Crippen LogP contribution in [-0.2, 0) is 65.4 Å². The topological polar surface area (TPSA) is 237 Å². The fraction of sp³-hybridized carbons (Fsp3) is 0.947. The van der Waals surface area contributed by atoms with E-state index in [0.29, 0.717) is 25.7 Å². The minimum absolute atomic E-state index is 0.107. The second kappa shape index (κ2) is 66.9. The SMILES string of the molecule is CCCCCCCCCCCCCC(=O)O[C@H](COC(=O)CCCCCCCCCCCC)COP(=O)(O)OC[C@H](O)COP(=O)(O)OC[C@@H](COC(=O)CCCCCCCCCCC(C)CC)OC(=O)CCCCCCCCCCCCCCCCCCCCC(C)C. The molecule has 0 heterocycles. The molecule has 558 valence electrons. The van der Waals surface area contributed by atoms with Gasteiger partial charge in [-0.3, -0.25) is 37.3 Å². The van der Waals surface area contributed by atoms with E-state index in [1.807, 2.05) is 0 Å².